The van der Waals surface area contributed by atoms with E-state index in [1.54, 1.807) is 4.90 Å². The molecule has 1 aliphatic rings. The van der Waals surface area contributed by atoms with E-state index >= 15 is 0 Å². The van der Waals surface area contributed by atoms with E-state index in [0.717, 1.165) is 49.6 Å². The number of likely N-dealkylation sites (tertiary alicyclic amines) is 1. The number of nitrogens with zero attached hydrogens (tertiary/aromatic N) is 3. The van der Waals surface area contributed by atoms with E-state index in [2.05, 4.69) is 22.0 Å². The summed E-state index contributed by atoms with van der Waals surface area (Å²) in [5, 5.41) is 0. The van der Waals surface area contributed by atoms with Gasteiger partial charge in [-0.05, 0) is 63.0 Å². The number of amides is 1. The Balaban J connectivity index is 1.63. The highest BCUT2D eigenvalue weighted by molar-refractivity contribution is 5.94. The Bertz CT molecular complexity index is 1130. The third-order valence-electron chi connectivity index (χ3n) is 6.88. The summed E-state index contributed by atoms with van der Waals surface area (Å²) in [6.45, 7) is 5.55. The van der Waals surface area contributed by atoms with Gasteiger partial charge >= 0.3 is 0 Å². The van der Waals surface area contributed by atoms with Crippen LogP contribution < -0.4 is 0 Å². The van der Waals surface area contributed by atoms with Crippen LogP contribution in [0.1, 0.15) is 74.1 Å². The molecular formula is C29H36F2N4O. The Hall–Kier alpha value is -3.06. The van der Waals surface area contributed by atoms with E-state index in [4.69, 9.17) is 4.98 Å². The molecule has 1 aliphatic heterocycles. The fraction of sp³-hybridized carbons (Fsp3) is 0.448. The summed E-state index contributed by atoms with van der Waals surface area (Å²) in [5.74, 6) is -2.00. The van der Waals surface area contributed by atoms with E-state index in [9.17, 15) is 13.6 Å². The van der Waals surface area contributed by atoms with Crippen molar-refractivity contribution in [2.24, 2.45) is 0 Å². The lowest BCUT2D eigenvalue weighted by Gasteiger charge is -2.30. The summed E-state index contributed by atoms with van der Waals surface area (Å²) in [5.41, 5.74) is 1.44. The van der Waals surface area contributed by atoms with Gasteiger partial charge in [0.15, 0.2) is 11.6 Å². The maximum absolute atomic E-state index is 14.6. The topological polar surface area (TPSA) is 52.2 Å². The first-order valence-corrected chi connectivity index (χ1v) is 13.2. The van der Waals surface area contributed by atoms with Crippen molar-refractivity contribution < 1.29 is 13.6 Å². The van der Waals surface area contributed by atoms with Crippen LogP contribution in [0.4, 0.5) is 8.78 Å². The van der Waals surface area contributed by atoms with Crippen molar-refractivity contribution in [3.05, 3.63) is 77.6 Å². The smallest absolute Gasteiger partial charge is 0.257 e. The maximum atomic E-state index is 14.6. The number of nitrogens with one attached hydrogen (secondary N) is 1. The molecule has 5 nitrogen and oxygen atoms in total. The van der Waals surface area contributed by atoms with Crippen LogP contribution in [0.15, 0.2) is 54.6 Å². The Morgan fingerprint density at radius 1 is 1.08 bits per heavy atom. The van der Waals surface area contributed by atoms with Gasteiger partial charge in [0.2, 0.25) is 0 Å². The fourth-order valence-electron chi connectivity index (χ4n) is 4.84. The fourth-order valence-corrected chi connectivity index (χ4v) is 4.84. The van der Waals surface area contributed by atoms with E-state index in [1.807, 2.05) is 31.2 Å². The van der Waals surface area contributed by atoms with Gasteiger partial charge in [-0.3, -0.25) is 9.69 Å². The van der Waals surface area contributed by atoms with Gasteiger partial charge in [0, 0.05) is 13.1 Å². The van der Waals surface area contributed by atoms with Crippen molar-refractivity contribution in [3.63, 3.8) is 0 Å². The van der Waals surface area contributed by atoms with Crippen molar-refractivity contribution in [2.75, 3.05) is 26.2 Å². The molecule has 1 amide bonds. The Kier molecular flexibility index (Phi) is 9.23. The molecule has 1 atom stereocenters. The maximum Gasteiger partial charge on any atom is 0.257 e. The third kappa shape index (κ3) is 6.38. The SMILES string of the molecule is CCCCN(C(=O)c1cccc(F)c1F)C(CC=CCN1CCCCCC1)c1nc2ccccc2[nH]1. The first kappa shape index (κ1) is 26.0. The van der Waals surface area contributed by atoms with Gasteiger partial charge in [0.1, 0.15) is 5.82 Å². The molecule has 1 unspecified atom stereocenters. The second kappa shape index (κ2) is 12.8. The molecule has 0 radical (unpaired) electrons. The predicted octanol–water partition coefficient (Wildman–Crippen LogP) is 6.65. The number of fused-ring (bicyclic) bond motifs is 1. The van der Waals surface area contributed by atoms with E-state index in [-0.39, 0.29) is 5.56 Å². The zero-order chi connectivity index (χ0) is 25.3. The molecule has 7 heteroatoms. The number of H-pyrrole nitrogens is 1. The zero-order valence-electron chi connectivity index (χ0n) is 21.1. The highest BCUT2D eigenvalue weighted by Gasteiger charge is 2.29. The lowest BCUT2D eigenvalue weighted by atomic mass is 10.1. The van der Waals surface area contributed by atoms with Crippen LogP contribution >= 0.6 is 0 Å². The molecule has 1 fully saturated rings. The number of halogens is 2. The van der Waals surface area contributed by atoms with E-state index in [0.29, 0.717) is 18.8 Å². The number of benzene rings is 2. The number of hydrogen-bond donors (Lipinski definition) is 1. The first-order chi connectivity index (χ1) is 17.6. The summed E-state index contributed by atoms with van der Waals surface area (Å²) in [4.78, 5) is 25.9. The molecule has 192 valence electrons. The molecule has 4 rings (SSSR count). The molecule has 2 aromatic carbocycles. The van der Waals surface area contributed by atoms with Crippen molar-refractivity contribution >= 4 is 16.9 Å². The number of carbonyl (C=O) groups is 1. The molecule has 2 heterocycles. The number of aromatic nitrogens is 2. The average molecular weight is 495 g/mol. The number of para-hydroxylation sites is 2. The molecule has 1 saturated heterocycles. The van der Waals surface area contributed by atoms with Crippen LogP contribution in [0.2, 0.25) is 0 Å². The van der Waals surface area contributed by atoms with Crippen LogP contribution in [0, 0.1) is 11.6 Å². The lowest BCUT2D eigenvalue weighted by molar-refractivity contribution is 0.0660. The number of unbranched alkanes of at least 4 members (excludes halogenated alkanes) is 1. The zero-order valence-corrected chi connectivity index (χ0v) is 21.1. The summed E-state index contributed by atoms with van der Waals surface area (Å²) < 4.78 is 28.6. The van der Waals surface area contributed by atoms with E-state index < -0.39 is 23.6 Å². The van der Waals surface area contributed by atoms with Crippen LogP contribution in [-0.4, -0.2) is 51.9 Å². The predicted molar refractivity (Wildman–Crippen MR) is 140 cm³/mol. The van der Waals surface area contributed by atoms with Crippen molar-refractivity contribution in [1.29, 1.82) is 0 Å². The number of carbonyl (C=O) groups excluding carboxylic acids is 1. The normalized spacial score (nSPS) is 15.9. The Morgan fingerprint density at radius 3 is 2.61 bits per heavy atom. The van der Waals surface area contributed by atoms with Gasteiger partial charge < -0.3 is 9.88 Å². The molecule has 1 aromatic heterocycles. The molecular weight excluding hydrogens is 458 g/mol. The monoisotopic (exact) mass is 494 g/mol. The number of aromatic amines is 1. The molecule has 0 bridgehead atoms. The number of rotatable bonds is 10. The molecule has 0 aliphatic carbocycles. The highest BCUT2D eigenvalue weighted by atomic mass is 19.2. The van der Waals surface area contributed by atoms with Gasteiger partial charge in [-0.15, -0.1) is 0 Å². The van der Waals surface area contributed by atoms with E-state index in [1.165, 1.54) is 37.8 Å². The van der Waals surface area contributed by atoms with Crippen molar-refractivity contribution in [3.8, 4) is 0 Å². The van der Waals surface area contributed by atoms with Gasteiger partial charge in [0.25, 0.3) is 5.91 Å². The molecule has 36 heavy (non-hydrogen) atoms. The van der Waals surface area contributed by atoms with Crippen LogP contribution in [0.5, 0.6) is 0 Å². The summed E-state index contributed by atoms with van der Waals surface area (Å²) in [7, 11) is 0. The Labute approximate surface area is 212 Å². The molecule has 0 spiro atoms. The lowest BCUT2D eigenvalue weighted by Crippen LogP contribution is -2.37. The largest absolute Gasteiger partial charge is 0.340 e. The van der Waals surface area contributed by atoms with Crippen molar-refractivity contribution in [2.45, 2.75) is 57.9 Å². The van der Waals surface area contributed by atoms with Crippen LogP contribution in [0.3, 0.4) is 0 Å². The molecule has 0 saturated carbocycles. The van der Waals surface area contributed by atoms with Crippen LogP contribution in [0.25, 0.3) is 11.0 Å². The van der Waals surface area contributed by atoms with Crippen molar-refractivity contribution in [1.82, 2.24) is 19.8 Å². The van der Waals surface area contributed by atoms with Gasteiger partial charge in [-0.25, -0.2) is 13.8 Å². The quantitative estimate of drug-likeness (QED) is 0.321. The highest BCUT2D eigenvalue weighted by Crippen LogP contribution is 2.28. The van der Waals surface area contributed by atoms with Gasteiger partial charge in [-0.1, -0.05) is 56.5 Å². The average Bonchev–Trinajstić information content (AvgIpc) is 3.14. The molecule has 1 N–H and O–H groups in total. The second-order valence-electron chi connectivity index (χ2n) is 9.53. The minimum absolute atomic E-state index is 0.249. The third-order valence-corrected chi connectivity index (χ3v) is 6.88. The number of imidazole rings is 1. The standard InChI is InChI=1S/C29H36F2N4O/c1-2-3-21-35(29(36)22-13-12-14-23(30)27(22)31)26(28-32-24-15-6-7-16-25(24)33-28)17-8-11-20-34-18-9-4-5-10-19-34/h6-8,11-16,26H,2-5,9-10,17-21H2,1H3,(H,32,33). The molecule has 3 aromatic rings. The van der Waals surface area contributed by atoms with Crippen LogP contribution in [-0.2, 0) is 0 Å². The second-order valence-corrected chi connectivity index (χ2v) is 9.53. The summed E-state index contributed by atoms with van der Waals surface area (Å²) in [6, 6.07) is 11.1. The minimum atomic E-state index is -1.11. The minimum Gasteiger partial charge on any atom is -0.340 e. The Morgan fingerprint density at radius 2 is 1.86 bits per heavy atom. The summed E-state index contributed by atoms with van der Waals surface area (Å²) >= 11 is 0. The summed E-state index contributed by atoms with van der Waals surface area (Å²) in [6.07, 6.45) is 11.4. The number of hydrogen-bond acceptors (Lipinski definition) is 3. The first-order valence-electron chi connectivity index (χ1n) is 13.2. The van der Waals surface area contributed by atoms with Gasteiger partial charge in [0.05, 0.1) is 22.6 Å². The van der Waals surface area contributed by atoms with Gasteiger partial charge in [-0.2, -0.15) is 0 Å².